The lowest BCUT2D eigenvalue weighted by molar-refractivity contribution is -0.138. The molecule has 1 aromatic carbocycles. The molecule has 0 aliphatic rings. The number of hydrogen-bond donors (Lipinski definition) is 0. The number of hydrogen-bond acceptors (Lipinski definition) is 5. The zero-order valence-electron chi connectivity index (χ0n) is 18.0. The van der Waals surface area contributed by atoms with Gasteiger partial charge in [0.15, 0.2) is 11.5 Å². The van der Waals surface area contributed by atoms with E-state index in [-0.39, 0.29) is 23.6 Å². The summed E-state index contributed by atoms with van der Waals surface area (Å²) < 4.78 is 33.4. The number of methoxy groups -OCH3 is 1. The number of carbonyl (C=O) groups excluding carboxylic acids is 1. The Labute approximate surface area is 170 Å². The second-order valence-electron chi connectivity index (χ2n) is 7.24. The predicted molar refractivity (Wildman–Crippen MR) is 112 cm³/mol. The van der Waals surface area contributed by atoms with E-state index in [2.05, 4.69) is 20.8 Å². The zero-order chi connectivity index (χ0) is 21.3. The Morgan fingerprint density at radius 3 is 2.32 bits per heavy atom. The highest BCUT2D eigenvalue weighted by molar-refractivity contribution is 7.86. The molecule has 1 aromatic rings. The van der Waals surface area contributed by atoms with Gasteiger partial charge < -0.3 is 13.8 Å². The molecule has 6 nitrogen and oxygen atoms in total. The summed E-state index contributed by atoms with van der Waals surface area (Å²) in [5, 5.41) is 0. The lowest BCUT2D eigenvalue weighted by atomic mass is 9.96. The molecule has 2 atom stereocenters. The first-order valence-corrected chi connectivity index (χ1v) is 11.8. The van der Waals surface area contributed by atoms with Gasteiger partial charge in [-0.25, -0.2) is 0 Å². The molecule has 0 N–H and O–H groups in total. The first-order valence-electron chi connectivity index (χ1n) is 10.0. The molecule has 7 heteroatoms. The van der Waals surface area contributed by atoms with Crippen LogP contribution in [0.5, 0.6) is 11.5 Å². The number of nitrogens with zero attached hydrogens (tertiary/aromatic N) is 1. The van der Waals surface area contributed by atoms with Crippen LogP contribution in [0.25, 0.3) is 0 Å². The molecule has 0 bridgehead atoms. The molecule has 0 saturated heterocycles. The summed E-state index contributed by atoms with van der Waals surface area (Å²) in [5.41, 5.74) is 0.804. The standard InChI is InChI=1S/C21H35NO5S/c1-7-10-11-18(9-3)21(23)22(16(4)8-2)15-17-12-13-19(26-5)20(14-17)27-28(6,24)25/h12-14,16,18H,7-11,15H2,1-6H3/t16-,18+/m1/s1. The third-order valence-corrected chi connectivity index (χ3v) is 5.46. The van der Waals surface area contributed by atoms with Gasteiger partial charge in [0.1, 0.15) is 0 Å². The van der Waals surface area contributed by atoms with Crippen molar-refractivity contribution in [3.63, 3.8) is 0 Å². The van der Waals surface area contributed by atoms with Crippen LogP contribution in [0, 0.1) is 5.92 Å². The highest BCUT2D eigenvalue weighted by atomic mass is 32.2. The number of unbranched alkanes of at least 4 members (excludes halogenated alkanes) is 1. The molecule has 0 unspecified atom stereocenters. The monoisotopic (exact) mass is 413 g/mol. The lowest BCUT2D eigenvalue weighted by Gasteiger charge is -2.32. The van der Waals surface area contributed by atoms with Gasteiger partial charge in [-0.15, -0.1) is 0 Å². The van der Waals surface area contributed by atoms with Gasteiger partial charge in [-0.2, -0.15) is 8.42 Å². The minimum atomic E-state index is -3.68. The molecule has 0 spiro atoms. The molecule has 28 heavy (non-hydrogen) atoms. The minimum absolute atomic E-state index is 0.0129. The van der Waals surface area contributed by atoms with E-state index in [1.54, 1.807) is 12.1 Å². The van der Waals surface area contributed by atoms with Crippen LogP contribution < -0.4 is 8.92 Å². The Morgan fingerprint density at radius 2 is 1.82 bits per heavy atom. The van der Waals surface area contributed by atoms with E-state index < -0.39 is 10.1 Å². The second-order valence-corrected chi connectivity index (χ2v) is 8.82. The van der Waals surface area contributed by atoms with Crippen LogP contribution in [0.1, 0.15) is 65.4 Å². The third kappa shape index (κ3) is 7.34. The van der Waals surface area contributed by atoms with Gasteiger partial charge in [0.05, 0.1) is 13.4 Å². The Bertz CT molecular complexity index is 732. The van der Waals surface area contributed by atoms with Gasteiger partial charge in [-0.1, -0.05) is 39.7 Å². The topological polar surface area (TPSA) is 72.9 Å². The molecular formula is C21H35NO5S. The van der Waals surface area contributed by atoms with Gasteiger partial charge >= 0.3 is 10.1 Å². The van der Waals surface area contributed by atoms with E-state index in [1.165, 1.54) is 7.11 Å². The summed E-state index contributed by atoms with van der Waals surface area (Å²) in [6.07, 6.45) is 5.65. The van der Waals surface area contributed by atoms with E-state index in [1.807, 2.05) is 17.9 Å². The molecule has 1 rings (SSSR count). The Hall–Kier alpha value is -1.76. The van der Waals surface area contributed by atoms with Crippen molar-refractivity contribution in [2.75, 3.05) is 13.4 Å². The van der Waals surface area contributed by atoms with Crippen molar-refractivity contribution in [1.29, 1.82) is 0 Å². The lowest BCUT2D eigenvalue weighted by Crippen LogP contribution is -2.41. The molecule has 160 valence electrons. The summed E-state index contributed by atoms with van der Waals surface area (Å²) in [6.45, 7) is 8.69. The molecule has 0 radical (unpaired) electrons. The number of rotatable bonds is 12. The molecule has 0 aromatic heterocycles. The van der Waals surface area contributed by atoms with Crippen LogP contribution in [-0.4, -0.2) is 38.6 Å². The quantitative estimate of drug-likeness (QED) is 0.476. The van der Waals surface area contributed by atoms with Crippen LogP contribution in [0.4, 0.5) is 0 Å². The van der Waals surface area contributed by atoms with Crippen LogP contribution in [-0.2, 0) is 21.5 Å². The van der Waals surface area contributed by atoms with Crippen molar-refractivity contribution in [1.82, 2.24) is 4.90 Å². The number of benzene rings is 1. The summed E-state index contributed by atoms with van der Waals surface area (Å²) >= 11 is 0. The maximum atomic E-state index is 13.2. The fourth-order valence-electron chi connectivity index (χ4n) is 3.10. The zero-order valence-corrected chi connectivity index (χ0v) is 18.8. The van der Waals surface area contributed by atoms with E-state index >= 15 is 0 Å². The van der Waals surface area contributed by atoms with E-state index in [4.69, 9.17) is 8.92 Å². The maximum absolute atomic E-state index is 13.2. The highest BCUT2D eigenvalue weighted by Gasteiger charge is 2.26. The van der Waals surface area contributed by atoms with E-state index in [0.29, 0.717) is 12.3 Å². The van der Waals surface area contributed by atoms with Crippen LogP contribution in [0.3, 0.4) is 0 Å². The first kappa shape index (κ1) is 24.3. The second kappa shape index (κ2) is 11.3. The molecule has 0 heterocycles. The van der Waals surface area contributed by atoms with Crippen molar-refractivity contribution in [2.45, 2.75) is 72.4 Å². The summed E-state index contributed by atoms with van der Waals surface area (Å²) in [7, 11) is -2.22. The molecule has 0 saturated carbocycles. The van der Waals surface area contributed by atoms with Crippen molar-refractivity contribution >= 4 is 16.0 Å². The van der Waals surface area contributed by atoms with Gasteiger partial charge in [0.25, 0.3) is 0 Å². The van der Waals surface area contributed by atoms with Crippen molar-refractivity contribution in [3.8, 4) is 11.5 Å². The Kier molecular flexibility index (Phi) is 9.79. The fraction of sp³-hybridized carbons (Fsp3) is 0.667. The third-order valence-electron chi connectivity index (χ3n) is 4.98. The van der Waals surface area contributed by atoms with Gasteiger partial charge in [-0.3, -0.25) is 4.79 Å². The average Bonchev–Trinajstić information content (AvgIpc) is 2.64. The highest BCUT2D eigenvalue weighted by Crippen LogP contribution is 2.30. The summed E-state index contributed by atoms with van der Waals surface area (Å²) in [5.74, 6) is 0.646. The molecule has 0 fully saturated rings. The van der Waals surface area contributed by atoms with Gasteiger partial charge in [0, 0.05) is 18.5 Å². The van der Waals surface area contributed by atoms with Crippen LogP contribution in [0.15, 0.2) is 18.2 Å². The van der Waals surface area contributed by atoms with Crippen molar-refractivity contribution in [2.24, 2.45) is 5.92 Å². The van der Waals surface area contributed by atoms with Gasteiger partial charge in [0.2, 0.25) is 5.91 Å². The van der Waals surface area contributed by atoms with E-state index in [9.17, 15) is 13.2 Å². The summed E-state index contributed by atoms with van der Waals surface area (Å²) in [4.78, 5) is 15.1. The smallest absolute Gasteiger partial charge is 0.306 e. The van der Waals surface area contributed by atoms with Gasteiger partial charge in [-0.05, 0) is 43.9 Å². The largest absolute Gasteiger partial charge is 0.493 e. The first-order chi connectivity index (χ1) is 13.2. The molecule has 0 aliphatic carbocycles. The minimum Gasteiger partial charge on any atom is -0.493 e. The van der Waals surface area contributed by atoms with Crippen molar-refractivity contribution < 1.29 is 22.1 Å². The number of amides is 1. The number of carbonyl (C=O) groups is 1. The van der Waals surface area contributed by atoms with Crippen LogP contribution >= 0.6 is 0 Å². The average molecular weight is 414 g/mol. The van der Waals surface area contributed by atoms with Crippen LogP contribution in [0.2, 0.25) is 0 Å². The predicted octanol–water partition coefficient (Wildman–Crippen LogP) is 4.38. The molecular weight excluding hydrogens is 378 g/mol. The summed E-state index contributed by atoms with van der Waals surface area (Å²) in [6, 6.07) is 5.23. The Balaban J connectivity index is 3.15. The normalized spacial score (nSPS) is 13.6. The van der Waals surface area contributed by atoms with E-state index in [0.717, 1.165) is 43.9 Å². The Morgan fingerprint density at radius 1 is 1.14 bits per heavy atom. The number of ether oxygens (including phenoxy) is 1. The molecule has 0 aliphatic heterocycles. The van der Waals surface area contributed by atoms with Crippen molar-refractivity contribution in [3.05, 3.63) is 23.8 Å². The maximum Gasteiger partial charge on any atom is 0.306 e. The SMILES string of the molecule is CCCC[C@H](CC)C(=O)N(Cc1ccc(OC)c(OS(C)(=O)=O)c1)[C@H](C)CC. The molecule has 1 amide bonds. The fourth-order valence-corrected chi connectivity index (χ4v) is 3.56.